The first-order valence-electron chi connectivity index (χ1n) is 7.17. The molecular weight excluding hydrogens is 346 g/mol. The summed E-state index contributed by atoms with van der Waals surface area (Å²) < 4.78 is 0. The van der Waals surface area contributed by atoms with Gasteiger partial charge >= 0.3 is 17.6 Å². The van der Waals surface area contributed by atoms with E-state index >= 15 is 0 Å². The molecule has 134 valence electrons. The Kier molecular flexibility index (Phi) is 5.48. The van der Waals surface area contributed by atoms with Crippen molar-refractivity contribution in [3.8, 4) is 0 Å². The van der Waals surface area contributed by atoms with Crippen molar-refractivity contribution < 1.29 is 24.6 Å². The number of rotatable bonds is 6. The van der Waals surface area contributed by atoms with Crippen LogP contribution in [0.1, 0.15) is 36.6 Å². The van der Waals surface area contributed by atoms with Crippen LogP contribution in [0, 0.1) is 0 Å². The Hall–Kier alpha value is -3.95. The second-order valence-corrected chi connectivity index (χ2v) is 5.01. The molecule has 0 aliphatic heterocycles. The Bertz CT molecular complexity index is 1020. The number of carbonyl (C=O) groups is 3. The molecule has 0 saturated heterocycles. The van der Waals surface area contributed by atoms with Gasteiger partial charge in [0.25, 0.3) is 11.5 Å². The fourth-order valence-corrected chi connectivity index (χ4v) is 2.03. The number of carbonyl (C=O) groups excluding carboxylic acids is 1. The number of nitrogens with one attached hydrogen (secondary N) is 3. The van der Waals surface area contributed by atoms with Gasteiger partial charge in [0.1, 0.15) is 0 Å². The zero-order valence-corrected chi connectivity index (χ0v) is 13.1. The number of carboxylic acid groups (broad SMARTS) is 2. The third-order valence-electron chi connectivity index (χ3n) is 3.27. The van der Waals surface area contributed by atoms with Crippen LogP contribution in [0.3, 0.4) is 0 Å². The van der Waals surface area contributed by atoms with Crippen LogP contribution in [-0.2, 0) is 0 Å². The summed E-state index contributed by atoms with van der Waals surface area (Å²) in [6.45, 7) is -0.0306. The van der Waals surface area contributed by atoms with Gasteiger partial charge in [0, 0.05) is 12.7 Å². The summed E-state index contributed by atoms with van der Waals surface area (Å²) in [5, 5.41) is 20.5. The molecule has 2 rings (SSSR count). The van der Waals surface area contributed by atoms with Crippen LogP contribution < -0.4 is 16.6 Å². The fraction of sp³-hybridized carbons (Fsp3) is 0.0625. The van der Waals surface area contributed by atoms with E-state index in [9.17, 15) is 24.0 Å². The highest BCUT2D eigenvalue weighted by Gasteiger charge is 2.18. The number of carboxylic acids is 2. The van der Waals surface area contributed by atoms with Gasteiger partial charge in [-0.3, -0.25) is 14.6 Å². The summed E-state index contributed by atoms with van der Waals surface area (Å²) in [5.41, 5.74) is -1.98. The number of hydrogen-bond acceptors (Lipinski definition) is 5. The van der Waals surface area contributed by atoms with Crippen molar-refractivity contribution in [2.75, 3.05) is 6.54 Å². The Labute approximate surface area is 144 Å². The molecule has 10 nitrogen and oxygen atoms in total. The van der Waals surface area contributed by atoms with Gasteiger partial charge in [-0.25, -0.2) is 14.4 Å². The zero-order valence-electron chi connectivity index (χ0n) is 13.1. The van der Waals surface area contributed by atoms with Crippen molar-refractivity contribution in [3.05, 3.63) is 73.6 Å². The van der Waals surface area contributed by atoms with Gasteiger partial charge in [0.15, 0.2) is 0 Å². The van der Waals surface area contributed by atoms with E-state index in [1.165, 1.54) is 18.3 Å². The zero-order chi connectivity index (χ0) is 19.3. The van der Waals surface area contributed by atoms with Crippen LogP contribution in [0.4, 0.5) is 0 Å². The van der Waals surface area contributed by atoms with E-state index in [4.69, 9.17) is 10.2 Å². The third kappa shape index (κ3) is 4.32. The normalized spacial score (nSPS) is 10.6. The maximum atomic E-state index is 12.1. The molecule has 10 heteroatoms. The lowest BCUT2D eigenvalue weighted by Gasteiger charge is -2.07. The number of aromatic nitrogens is 2. The van der Waals surface area contributed by atoms with Crippen LogP contribution in [-0.4, -0.2) is 44.6 Å². The van der Waals surface area contributed by atoms with E-state index in [-0.39, 0.29) is 23.2 Å². The molecule has 1 aromatic carbocycles. The first-order chi connectivity index (χ1) is 12.3. The Morgan fingerprint density at radius 3 is 2.42 bits per heavy atom. The highest BCUT2D eigenvalue weighted by atomic mass is 16.4. The average molecular weight is 359 g/mol. The van der Waals surface area contributed by atoms with Gasteiger partial charge in [-0.2, -0.15) is 0 Å². The molecule has 1 aromatic heterocycles. The summed E-state index contributed by atoms with van der Waals surface area (Å²) in [5.74, 6) is -3.47. The maximum Gasteiger partial charge on any atom is 0.336 e. The fourth-order valence-electron chi connectivity index (χ4n) is 2.03. The molecule has 26 heavy (non-hydrogen) atoms. The van der Waals surface area contributed by atoms with Gasteiger partial charge in [-0.1, -0.05) is 12.2 Å². The Morgan fingerprint density at radius 2 is 1.81 bits per heavy atom. The van der Waals surface area contributed by atoms with E-state index < -0.39 is 34.7 Å². The quantitative estimate of drug-likeness (QED) is 0.479. The minimum atomic E-state index is -1.44. The number of aromatic carboxylic acids is 2. The van der Waals surface area contributed by atoms with Crippen LogP contribution in [0.2, 0.25) is 0 Å². The predicted molar refractivity (Wildman–Crippen MR) is 89.4 cm³/mol. The van der Waals surface area contributed by atoms with E-state index in [0.29, 0.717) is 0 Å². The summed E-state index contributed by atoms with van der Waals surface area (Å²) in [4.78, 5) is 60.9. The molecule has 5 N–H and O–H groups in total. The highest BCUT2D eigenvalue weighted by Crippen LogP contribution is 2.13. The van der Waals surface area contributed by atoms with E-state index in [0.717, 1.165) is 18.2 Å². The van der Waals surface area contributed by atoms with Crippen LogP contribution >= 0.6 is 0 Å². The van der Waals surface area contributed by atoms with Crippen molar-refractivity contribution in [3.63, 3.8) is 0 Å². The molecule has 0 saturated carbocycles. The summed E-state index contributed by atoms with van der Waals surface area (Å²) in [7, 11) is 0. The van der Waals surface area contributed by atoms with Crippen molar-refractivity contribution >= 4 is 23.9 Å². The molecule has 0 aliphatic rings. The van der Waals surface area contributed by atoms with Gasteiger partial charge < -0.3 is 20.5 Å². The summed E-state index contributed by atoms with van der Waals surface area (Å²) >= 11 is 0. The Balaban J connectivity index is 2.11. The molecule has 1 heterocycles. The molecular formula is C16H13N3O7. The Morgan fingerprint density at radius 1 is 1.08 bits per heavy atom. The van der Waals surface area contributed by atoms with Crippen molar-refractivity contribution in [2.45, 2.75) is 0 Å². The highest BCUT2D eigenvalue weighted by molar-refractivity contribution is 6.06. The lowest BCUT2D eigenvalue weighted by molar-refractivity contribution is 0.0691. The predicted octanol–water partition coefficient (Wildman–Crippen LogP) is -0.0972. The number of hydrogen-bond donors (Lipinski definition) is 5. The monoisotopic (exact) mass is 359 g/mol. The molecule has 0 unspecified atom stereocenters. The molecule has 0 radical (unpaired) electrons. The van der Waals surface area contributed by atoms with Gasteiger partial charge in [0.05, 0.1) is 22.3 Å². The smallest absolute Gasteiger partial charge is 0.336 e. The maximum absolute atomic E-state index is 12.1. The van der Waals surface area contributed by atoms with E-state index in [2.05, 4.69) is 10.3 Å². The summed E-state index contributed by atoms with van der Waals surface area (Å²) in [6, 6.07) is 3.13. The lowest BCUT2D eigenvalue weighted by Crippen LogP contribution is -2.26. The van der Waals surface area contributed by atoms with E-state index in [1.807, 2.05) is 4.98 Å². The average Bonchev–Trinajstić information content (AvgIpc) is 2.59. The largest absolute Gasteiger partial charge is 0.478 e. The first-order valence-corrected chi connectivity index (χ1v) is 7.17. The minimum Gasteiger partial charge on any atom is -0.478 e. The molecule has 0 atom stereocenters. The van der Waals surface area contributed by atoms with Gasteiger partial charge in [-0.05, 0) is 18.2 Å². The van der Waals surface area contributed by atoms with Crippen LogP contribution in [0.25, 0.3) is 6.08 Å². The SMILES string of the molecule is O=C(O)c1ccc(C(=O)NC/C=C/c2c[nH]c(=O)[nH]c2=O)c(C(=O)O)c1. The first kappa shape index (κ1) is 18.4. The standard InChI is InChI=1S/C16H13N3O7/c20-12-9(7-18-16(26)19-12)2-1-5-17-13(21)10-4-3-8(14(22)23)6-11(10)15(24)25/h1-4,6-7H,5H2,(H,17,21)(H,22,23)(H,24,25)(H2,18,19,20,26)/b2-1+. The number of amides is 1. The number of benzene rings is 1. The molecule has 2 aromatic rings. The topological polar surface area (TPSA) is 169 Å². The number of H-pyrrole nitrogens is 2. The molecule has 0 aliphatic carbocycles. The molecule has 1 amide bonds. The second-order valence-electron chi connectivity index (χ2n) is 5.01. The van der Waals surface area contributed by atoms with Gasteiger partial charge in [-0.15, -0.1) is 0 Å². The minimum absolute atomic E-state index is 0.0306. The second kappa shape index (κ2) is 7.75. The number of aromatic amines is 2. The van der Waals surface area contributed by atoms with Crippen LogP contribution in [0.15, 0.2) is 40.1 Å². The van der Waals surface area contributed by atoms with Crippen molar-refractivity contribution in [2.24, 2.45) is 0 Å². The van der Waals surface area contributed by atoms with Gasteiger partial charge in [0.2, 0.25) is 0 Å². The van der Waals surface area contributed by atoms with Crippen LogP contribution in [0.5, 0.6) is 0 Å². The summed E-state index contributed by atoms with van der Waals surface area (Å²) in [6.07, 6.45) is 3.99. The van der Waals surface area contributed by atoms with Crippen molar-refractivity contribution in [1.82, 2.24) is 15.3 Å². The molecule has 0 fully saturated rings. The third-order valence-corrected chi connectivity index (χ3v) is 3.27. The molecule has 0 spiro atoms. The lowest BCUT2D eigenvalue weighted by atomic mass is 10.0. The van der Waals surface area contributed by atoms with Crippen molar-refractivity contribution in [1.29, 1.82) is 0 Å². The molecule has 0 bridgehead atoms. The van der Waals surface area contributed by atoms with E-state index in [1.54, 1.807) is 0 Å².